The highest BCUT2D eigenvalue weighted by Gasteiger charge is 2.19. The molecule has 0 radical (unpaired) electrons. The molecule has 0 aliphatic heterocycles. The van der Waals surface area contributed by atoms with Crippen molar-refractivity contribution in [1.82, 2.24) is 14.5 Å². The average molecular weight is 351 g/mol. The van der Waals surface area contributed by atoms with Gasteiger partial charge < -0.3 is 9.47 Å². The Kier molecular flexibility index (Phi) is 5.16. The third-order valence-corrected chi connectivity index (χ3v) is 4.52. The first-order valence-electron chi connectivity index (χ1n) is 8.57. The average Bonchev–Trinajstić information content (AvgIpc) is 2.95. The second-order valence-corrected chi connectivity index (χ2v) is 6.39. The van der Waals surface area contributed by atoms with E-state index in [-0.39, 0.29) is 11.7 Å². The van der Waals surface area contributed by atoms with Crippen molar-refractivity contribution >= 4 is 5.91 Å². The lowest BCUT2D eigenvalue weighted by Gasteiger charge is -2.17. The summed E-state index contributed by atoms with van der Waals surface area (Å²) in [6.07, 6.45) is 2.47. The van der Waals surface area contributed by atoms with E-state index in [1.807, 2.05) is 42.7 Å². The Balaban J connectivity index is 1.79. The molecule has 3 rings (SSSR count). The number of amides is 1. The van der Waals surface area contributed by atoms with Crippen molar-refractivity contribution in [2.45, 2.75) is 20.3 Å². The van der Waals surface area contributed by atoms with Gasteiger partial charge in [0, 0.05) is 49.0 Å². The van der Waals surface area contributed by atoms with Gasteiger partial charge in [0.1, 0.15) is 5.82 Å². The summed E-state index contributed by atoms with van der Waals surface area (Å²) < 4.78 is 15.2. The number of rotatable bonds is 5. The van der Waals surface area contributed by atoms with Crippen LogP contribution in [0.4, 0.5) is 4.39 Å². The monoisotopic (exact) mass is 351 g/mol. The number of benzene rings is 1. The molecule has 1 amide bonds. The van der Waals surface area contributed by atoms with Gasteiger partial charge in [0.25, 0.3) is 5.91 Å². The quantitative estimate of drug-likeness (QED) is 0.698. The molecule has 0 aliphatic rings. The van der Waals surface area contributed by atoms with E-state index in [1.54, 1.807) is 30.3 Å². The van der Waals surface area contributed by atoms with E-state index in [2.05, 4.69) is 4.98 Å². The van der Waals surface area contributed by atoms with Crippen LogP contribution in [0.2, 0.25) is 0 Å². The summed E-state index contributed by atoms with van der Waals surface area (Å²) in [5.41, 5.74) is 4.26. The zero-order valence-corrected chi connectivity index (χ0v) is 15.2. The first-order chi connectivity index (χ1) is 12.5. The van der Waals surface area contributed by atoms with Gasteiger partial charge in [-0.1, -0.05) is 6.07 Å². The lowest BCUT2D eigenvalue weighted by atomic mass is 10.2. The number of aryl methyl sites for hydroxylation is 1. The molecule has 4 nitrogen and oxygen atoms in total. The van der Waals surface area contributed by atoms with E-state index in [0.717, 1.165) is 22.8 Å². The Labute approximate surface area is 152 Å². The summed E-state index contributed by atoms with van der Waals surface area (Å²) in [6.45, 7) is 4.45. The molecule has 0 aliphatic carbocycles. The highest BCUT2D eigenvalue weighted by atomic mass is 19.1. The van der Waals surface area contributed by atoms with E-state index in [1.165, 1.54) is 12.1 Å². The van der Waals surface area contributed by atoms with Crippen molar-refractivity contribution in [3.05, 3.63) is 83.2 Å². The molecule has 0 fully saturated rings. The predicted molar refractivity (Wildman–Crippen MR) is 100 cm³/mol. The molecule has 2 aromatic heterocycles. The standard InChI is InChI=1S/C21H22FN3O/c1-15-14-20(16(2)25(15)19-9-7-17(22)8-10-19)21(26)24(3)13-11-18-6-4-5-12-23-18/h4-10,12,14H,11,13H2,1-3H3. The van der Waals surface area contributed by atoms with Gasteiger partial charge in [-0.2, -0.15) is 0 Å². The van der Waals surface area contributed by atoms with Crippen LogP contribution >= 0.6 is 0 Å². The van der Waals surface area contributed by atoms with E-state index in [9.17, 15) is 9.18 Å². The van der Waals surface area contributed by atoms with Gasteiger partial charge >= 0.3 is 0 Å². The Bertz CT molecular complexity index is 901. The molecule has 26 heavy (non-hydrogen) atoms. The maximum absolute atomic E-state index is 13.2. The SMILES string of the molecule is Cc1cc(C(=O)N(C)CCc2ccccn2)c(C)n1-c1ccc(F)cc1. The molecule has 0 atom stereocenters. The molecule has 2 heterocycles. The van der Waals surface area contributed by atoms with Gasteiger partial charge in [-0.15, -0.1) is 0 Å². The topological polar surface area (TPSA) is 38.1 Å². The molecule has 1 aromatic carbocycles. The zero-order chi connectivity index (χ0) is 18.7. The number of halogens is 1. The van der Waals surface area contributed by atoms with Crippen LogP contribution in [0, 0.1) is 19.7 Å². The van der Waals surface area contributed by atoms with E-state index in [0.29, 0.717) is 18.5 Å². The van der Waals surface area contributed by atoms with E-state index >= 15 is 0 Å². The fourth-order valence-electron chi connectivity index (χ4n) is 3.10. The maximum Gasteiger partial charge on any atom is 0.255 e. The normalized spacial score (nSPS) is 10.8. The van der Waals surface area contributed by atoms with Crippen LogP contribution < -0.4 is 0 Å². The summed E-state index contributed by atoms with van der Waals surface area (Å²) in [4.78, 5) is 18.9. The minimum Gasteiger partial charge on any atom is -0.341 e. The second kappa shape index (κ2) is 7.52. The Hall–Kier alpha value is -2.95. The van der Waals surface area contributed by atoms with Crippen molar-refractivity contribution in [3.63, 3.8) is 0 Å². The fourth-order valence-corrected chi connectivity index (χ4v) is 3.10. The lowest BCUT2D eigenvalue weighted by Crippen LogP contribution is -2.29. The summed E-state index contributed by atoms with van der Waals surface area (Å²) in [5.74, 6) is -0.302. The van der Waals surface area contributed by atoms with Gasteiger partial charge in [-0.05, 0) is 56.3 Å². The molecular formula is C21H22FN3O. The van der Waals surface area contributed by atoms with E-state index < -0.39 is 0 Å². The van der Waals surface area contributed by atoms with Crippen LogP contribution in [0.25, 0.3) is 5.69 Å². The van der Waals surface area contributed by atoms with Crippen molar-refractivity contribution in [2.24, 2.45) is 0 Å². The van der Waals surface area contributed by atoms with Gasteiger partial charge in [0.15, 0.2) is 0 Å². The third kappa shape index (κ3) is 3.67. The van der Waals surface area contributed by atoms with Crippen LogP contribution in [0.5, 0.6) is 0 Å². The molecule has 0 bridgehead atoms. The van der Waals surface area contributed by atoms with Crippen LogP contribution in [-0.2, 0) is 6.42 Å². The molecule has 0 N–H and O–H groups in total. The molecule has 0 spiro atoms. The number of pyridine rings is 1. The third-order valence-electron chi connectivity index (χ3n) is 4.52. The highest BCUT2D eigenvalue weighted by molar-refractivity contribution is 5.95. The van der Waals surface area contributed by atoms with Crippen LogP contribution in [0.15, 0.2) is 54.7 Å². The Morgan fingerprint density at radius 3 is 2.54 bits per heavy atom. The van der Waals surface area contributed by atoms with Gasteiger partial charge in [0.05, 0.1) is 5.56 Å². The summed E-state index contributed by atoms with van der Waals surface area (Å²) in [7, 11) is 1.80. The first kappa shape index (κ1) is 17.9. The predicted octanol–water partition coefficient (Wildman–Crippen LogP) is 3.94. The number of hydrogen-bond acceptors (Lipinski definition) is 2. The molecule has 134 valence electrons. The number of likely N-dealkylation sites (N-methyl/N-ethyl adjacent to an activating group) is 1. The summed E-state index contributed by atoms with van der Waals surface area (Å²) >= 11 is 0. The Morgan fingerprint density at radius 2 is 1.88 bits per heavy atom. The van der Waals surface area contributed by atoms with Crippen LogP contribution in [0.3, 0.4) is 0 Å². The molecular weight excluding hydrogens is 329 g/mol. The van der Waals surface area contributed by atoms with Crippen molar-refractivity contribution in [2.75, 3.05) is 13.6 Å². The number of hydrogen-bond donors (Lipinski definition) is 0. The minimum atomic E-state index is -0.276. The van der Waals surface area contributed by atoms with Crippen molar-refractivity contribution < 1.29 is 9.18 Å². The molecule has 3 aromatic rings. The zero-order valence-electron chi connectivity index (χ0n) is 15.2. The number of carbonyl (C=O) groups excluding carboxylic acids is 1. The van der Waals surface area contributed by atoms with Gasteiger partial charge in [-0.25, -0.2) is 4.39 Å². The van der Waals surface area contributed by atoms with Crippen molar-refractivity contribution in [1.29, 1.82) is 0 Å². The molecule has 5 heteroatoms. The highest BCUT2D eigenvalue weighted by Crippen LogP contribution is 2.22. The van der Waals surface area contributed by atoms with Gasteiger partial charge in [-0.3, -0.25) is 9.78 Å². The summed E-state index contributed by atoms with van der Waals surface area (Å²) in [5, 5.41) is 0. The van der Waals surface area contributed by atoms with Crippen molar-refractivity contribution in [3.8, 4) is 5.69 Å². The molecule has 0 saturated heterocycles. The largest absolute Gasteiger partial charge is 0.341 e. The number of carbonyl (C=O) groups is 1. The van der Waals surface area contributed by atoms with Gasteiger partial charge in [0.2, 0.25) is 0 Å². The second-order valence-electron chi connectivity index (χ2n) is 6.39. The number of aromatic nitrogens is 2. The maximum atomic E-state index is 13.2. The van der Waals surface area contributed by atoms with Crippen LogP contribution in [0.1, 0.15) is 27.4 Å². The number of nitrogens with zero attached hydrogens (tertiary/aromatic N) is 3. The Morgan fingerprint density at radius 1 is 1.15 bits per heavy atom. The first-order valence-corrected chi connectivity index (χ1v) is 8.57. The fraction of sp³-hybridized carbons (Fsp3) is 0.238. The van der Waals surface area contributed by atoms with E-state index in [4.69, 9.17) is 0 Å². The summed E-state index contributed by atoms with van der Waals surface area (Å²) in [6, 6.07) is 14.0. The van der Waals surface area contributed by atoms with Crippen LogP contribution in [-0.4, -0.2) is 34.0 Å². The minimum absolute atomic E-state index is 0.0256. The molecule has 0 saturated carbocycles. The lowest BCUT2D eigenvalue weighted by molar-refractivity contribution is 0.0795. The smallest absolute Gasteiger partial charge is 0.255 e. The molecule has 0 unspecified atom stereocenters.